The van der Waals surface area contributed by atoms with Crippen LogP contribution in [-0.4, -0.2) is 31.1 Å². The Labute approximate surface area is 126 Å². The lowest BCUT2D eigenvalue weighted by atomic mass is 10.0. The van der Waals surface area contributed by atoms with Gasteiger partial charge in [0.05, 0.1) is 15.9 Å². The number of amidine groups is 1. The molecule has 1 heterocycles. The van der Waals surface area contributed by atoms with Crippen LogP contribution in [0.15, 0.2) is 28.0 Å². The van der Waals surface area contributed by atoms with Crippen molar-refractivity contribution in [1.82, 2.24) is 15.7 Å². The summed E-state index contributed by atoms with van der Waals surface area (Å²) in [6.07, 6.45) is 0. The molecule has 0 unspecified atom stereocenters. The normalized spacial score (nSPS) is 11.3. The molecule has 1 aromatic carbocycles. The van der Waals surface area contributed by atoms with E-state index in [2.05, 4.69) is 15.2 Å². The minimum absolute atomic E-state index is 0.0140. The Bertz CT molecular complexity index is 866. The first-order valence-electron chi connectivity index (χ1n) is 6.03. The van der Waals surface area contributed by atoms with Gasteiger partial charge in [0.2, 0.25) is 0 Å². The van der Waals surface area contributed by atoms with Crippen LogP contribution in [0.2, 0.25) is 0 Å². The number of nitrogens with zero attached hydrogens (tertiary/aromatic N) is 3. The maximum absolute atomic E-state index is 11.0. The highest BCUT2D eigenvalue weighted by atomic mass is 16.6. The fourth-order valence-corrected chi connectivity index (χ4v) is 1.87. The van der Waals surface area contributed by atoms with E-state index in [0.29, 0.717) is 0 Å². The van der Waals surface area contributed by atoms with Crippen molar-refractivity contribution >= 4 is 23.0 Å². The van der Waals surface area contributed by atoms with E-state index in [9.17, 15) is 30.2 Å². The van der Waals surface area contributed by atoms with E-state index in [4.69, 9.17) is 0 Å². The zero-order chi connectivity index (χ0) is 17.1. The molecule has 0 spiro atoms. The van der Waals surface area contributed by atoms with Crippen molar-refractivity contribution in [3.8, 4) is 0 Å². The van der Waals surface area contributed by atoms with E-state index in [1.54, 1.807) is 5.48 Å². The molecule has 0 aliphatic carbocycles. The zero-order valence-electron chi connectivity index (χ0n) is 11.6. The number of aromatic nitrogens is 2. The van der Waals surface area contributed by atoms with Gasteiger partial charge in [-0.25, -0.2) is 4.99 Å². The molecule has 0 fully saturated rings. The molecule has 0 aliphatic heterocycles. The first kappa shape index (κ1) is 15.8. The number of benzene rings is 1. The van der Waals surface area contributed by atoms with Crippen LogP contribution >= 0.6 is 0 Å². The lowest BCUT2D eigenvalue weighted by Gasteiger charge is -2.08. The van der Waals surface area contributed by atoms with Gasteiger partial charge < -0.3 is 0 Å². The van der Waals surface area contributed by atoms with Crippen LogP contribution < -0.4 is 11.0 Å². The number of non-ortho nitro benzene ring substituents is 1. The summed E-state index contributed by atoms with van der Waals surface area (Å²) in [5.74, 6) is -0.287. The second-order valence-electron chi connectivity index (χ2n) is 4.37. The SMILES string of the molecule is Cc1c(C(=Nc2cc(=O)[nH][nH]2)NO)cc([N+](=O)[O-])cc1[N+](=O)[O-]. The van der Waals surface area contributed by atoms with Crippen molar-refractivity contribution in [3.63, 3.8) is 0 Å². The minimum Gasteiger partial charge on any atom is -0.290 e. The highest BCUT2D eigenvalue weighted by Crippen LogP contribution is 2.28. The third-order valence-electron chi connectivity index (χ3n) is 2.95. The molecule has 1 aromatic heterocycles. The average Bonchev–Trinajstić information content (AvgIpc) is 2.90. The lowest BCUT2D eigenvalue weighted by Crippen LogP contribution is -2.21. The smallest absolute Gasteiger partial charge is 0.279 e. The Balaban J connectivity index is 2.68. The Morgan fingerprint density at radius 3 is 2.39 bits per heavy atom. The molecule has 0 saturated heterocycles. The van der Waals surface area contributed by atoms with Gasteiger partial charge in [-0.1, -0.05) is 0 Å². The van der Waals surface area contributed by atoms with Crippen molar-refractivity contribution in [1.29, 1.82) is 0 Å². The molecule has 0 bridgehead atoms. The van der Waals surface area contributed by atoms with E-state index in [0.717, 1.165) is 18.2 Å². The summed E-state index contributed by atoms with van der Waals surface area (Å²) in [7, 11) is 0. The maximum atomic E-state index is 11.0. The van der Waals surface area contributed by atoms with Crippen LogP contribution in [0, 0.1) is 27.2 Å². The fourth-order valence-electron chi connectivity index (χ4n) is 1.87. The molecule has 2 aromatic rings. The molecule has 0 amide bonds. The number of rotatable bonds is 4. The molecule has 4 N–H and O–H groups in total. The first-order valence-corrected chi connectivity index (χ1v) is 6.03. The van der Waals surface area contributed by atoms with Crippen molar-refractivity contribution in [3.05, 3.63) is 59.9 Å². The topological polar surface area (TPSA) is 180 Å². The molecule has 12 nitrogen and oxygen atoms in total. The summed E-state index contributed by atoms with van der Waals surface area (Å²) in [4.78, 5) is 35.3. The number of hydroxylamine groups is 1. The van der Waals surface area contributed by atoms with E-state index in [1.165, 1.54) is 6.92 Å². The van der Waals surface area contributed by atoms with Gasteiger partial charge in [-0.2, -0.15) is 0 Å². The Kier molecular flexibility index (Phi) is 4.18. The van der Waals surface area contributed by atoms with Crippen LogP contribution in [0.25, 0.3) is 0 Å². The number of H-pyrrole nitrogens is 2. The fraction of sp³-hybridized carbons (Fsp3) is 0.0909. The van der Waals surface area contributed by atoms with E-state index < -0.39 is 26.8 Å². The van der Waals surface area contributed by atoms with Crippen molar-refractivity contribution in [2.24, 2.45) is 4.99 Å². The summed E-state index contributed by atoms with van der Waals surface area (Å²) in [5.41, 5.74) is 0.190. The molecule has 2 rings (SSSR count). The molecular formula is C11H10N6O6. The molecule has 0 saturated carbocycles. The summed E-state index contributed by atoms with van der Waals surface area (Å²) >= 11 is 0. The van der Waals surface area contributed by atoms with E-state index >= 15 is 0 Å². The molecule has 0 aliphatic rings. The highest BCUT2D eigenvalue weighted by Gasteiger charge is 2.23. The average molecular weight is 322 g/mol. The Hall–Kier alpha value is -3.54. The van der Waals surface area contributed by atoms with Crippen LogP contribution in [0.5, 0.6) is 0 Å². The molecule has 0 atom stereocenters. The zero-order valence-corrected chi connectivity index (χ0v) is 11.6. The number of nitrogens with one attached hydrogen (secondary N) is 3. The lowest BCUT2D eigenvalue weighted by molar-refractivity contribution is -0.394. The summed E-state index contributed by atoms with van der Waals surface area (Å²) < 4.78 is 0. The minimum atomic E-state index is -0.802. The maximum Gasteiger partial charge on any atom is 0.279 e. The van der Waals surface area contributed by atoms with Gasteiger partial charge in [0.1, 0.15) is 0 Å². The second kappa shape index (κ2) is 6.07. The summed E-state index contributed by atoms with van der Waals surface area (Å²) in [6, 6.07) is 2.90. The monoisotopic (exact) mass is 322 g/mol. The van der Waals surface area contributed by atoms with Gasteiger partial charge in [-0.3, -0.25) is 45.9 Å². The van der Waals surface area contributed by atoms with Gasteiger partial charge in [0.15, 0.2) is 11.7 Å². The van der Waals surface area contributed by atoms with E-state index in [1.807, 2.05) is 0 Å². The van der Waals surface area contributed by atoms with E-state index in [-0.39, 0.29) is 22.8 Å². The molecule has 120 valence electrons. The quantitative estimate of drug-likeness (QED) is 0.279. The Morgan fingerprint density at radius 2 is 1.91 bits per heavy atom. The van der Waals surface area contributed by atoms with Crippen LogP contribution in [0.4, 0.5) is 17.2 Å². The van der Waals surface area contributed by atoms with Crippen LogP contribution in [0.3, 0.4) is 0 Å². The van der Waals surface area contributed by atoms with Crippen molar-refractivity contribution in [2.75, 3.05) is 0 Å². The third kappa shape index (κ3) is 3.21. The van der Waals surface area contributed by atoms with Crippen LogP contribution in [0.1, 0.15) is 11.1 Å². The van der Waals surface area contributed by atoms with Gasteiger partial charge in [0.25, 0.3) is 16.9 Å². The number of hydrogen-bond acceptors (Lipinski definition) is 7. The summed E-state index contributed by atoms with van der Waals surface area (Å²) in [5, 5.41) is 35.8. The predicted molar refractivity (Wildman–Crippen MR) is 77.0 cm³/mol. The predicted octanol–water partition coefficient (Wildman–Crippen LogP) is 0.885. The van der Waals surface area contributed by atoms with Crippen LogP contribution in [-0.2, 0) is 0 Å². The number of nitro groups is 2. The number of nitro benzene ring substituents is 2. The third-order valence-corrected chi connectivity index (χ3v) is 2.95. The number of aliphatic imine (C=N–C) groups is 1. The molecule has 23 heavy (non-hydrogen) atoms. The molecule has 0 radical (unpaired) electrons. The largest absolute Gasteiger partial charge is 0.290 e. The van der Waals surface area contributed by atoms with Gasteiger partial charge in [0, 0.05) is 23.3 Å². The number of aromatic amines is 2. The standard InChI is InChI=1S/C11H10N6O6/c1-5-7(2-6(16(20)21)3-8(5)17(22)23)11(15-19)12-9-4-10(18)14-13-9/h2-4,19H,1H3,(H3,12,13,14,15,18). The first-order chi connectivity index (χ1) is 10.8. The van der Waals surface area contributed by atoms with Gasteiger partial charge >= 0.3 is 0 Å². The Morgan fingerprint density at radius 1 is 1.22 bits per heavy atom. The molecule has 12 heteroatoms. The van der Waals surface area contributed by atoms with Crippen molar-refractivity contribution < 1.29 is 15.1 Å². The highest BCUT2D eigenvalue weighted by molar-refractivity contribution is 6.02. The summed E-state index contributed by atoms with van der Waals surface area (Å²) in [6.45, 7) is 1.35. The number of hydrogen-bond donors (Lipinski definition) is 4. The second-order valence-corrected chi connectivity index (χ2v) is 4.37. The van der Waals surface area contributed by atoms with Gasteiger partial charge in [-0.15, -0.1) is 0 Å². The van der Waals surface area contributed by atoms with Gasteiger partial charge in [-0.05, 0) is 6.92 Å². The van der Waals surface area contributed by atoms with Crippen molar-refractivity contribution in [2.45, 2.75) is 6.92 Å². The molecular weight excluding hydrogens is 312 g/mol.